The number of carbonyl (C=O) groups excluding carboxylic acids is 2. The lowest BCUT2D eigenvalue weighted by molar-refractivity contribution is -0.152. The Hall–Kier alpha value is -0.510. The van der Waals surface area contributed by atoms with Crippen LogP contribution in [-0.2, 0) is 14.3 Å². The van der Waals surface area contributed by atoms with Gasteiger partial charge in [0, 0.05) is 0 Å². The van der Waals surface area contributed by atoms with E-state index in [1.54, 1.807) is 18.7 Å². The van der Waals surface area contributed by atoms with Gasteiger partial charge in [-0.15, -0.1) is 0 Å². The molecule has 0 saturated heterocycles. The van der Waals surface area contributed by atoms with Crippen LogP contribution in [-0.4, -0.2) is 29.9 Å². The minimum absolute atomic E-state index is 0.00834. The van der Waals surface area contributed by atoms with Crippen molar-refractivity contribution in [2.24, 2.45) is 11.8 Å². The molecule has 0 rings (SSSR count). The van der Waals surface area contributed by atoms with E-state index >= 15 is 0 Å². The molecule has 0 aromatic carbocycles. The monoisotopic (exact) mass is 232 g/mol. The third-order valence-electron chi connectivity index (χ3n) is 2.00. The molecule has 0 aromatic rings. The molecule has 1 atom stereocenters. The number of esters is 1. The van der Waals surface area contributed by atoms with E-state index in [1.165, 1.54) is 0 Å². The highest BCUT2D eigenvalue weighted by molar-refractivity contribution is 7.99. The molecule has 0 amide bonds. The number of ether oxygens (including phenoxy) is 1. The Morgan fingerprint density at radius 1 is 1.27 bits per heavy atom. The predicted molar refractivity (Wildman–Crippen MR) is 63.0 cm³/mol. The summed E-state index contributed by atoms with van der Waals surface area (Å²) in [6.45, 7) is 7.82. The molecule has 1 unspecified atom stereocenters. The van der Waals surface area contributed by atoms with Gasteiger partial charge in [0.2, 0.25) is 0 Å². The quantitative estimate of drug-likeness (QED) is 0.498. The second-order valence-electron chi connectivity index (χ2n) is 3.58. The maximum atomic E-state index is 11.7. The van der Waals surface area contributed by atoms with Crippen LogP contribution in [0, 0.1) is 11.8 Å². The first-order valence-electron chi connectivity index (χ1n) is 5.31. The molecule has 0 aliphatic heterocycles. The summed E-state index contributed by atoms with van der Waals surface area (Å²) in [5, 5.41) is 0. The fourth-order valence-corrected chi connectivity index (χ4v) is 1.88. The molecule has 0 saturated carbocycles. The Morgan fingerprint density at radius 3 is 2.27 bits per heavy atom. The van der Waals surface area contributed by atoms with Crippen LogP contribution in [0.3, 0.4) is 0 Å². The van der Waals surface area contributed by atoms with Gasteiger partial charge in [-0.3, -0.25) is 9.59 Å². The first-order valence-corrected chi connectivity index (χ1v) is 6.47. The molecule has 0 N–H and O–H groups in total. The van der Waals surface area contributed by atoms with Crippen LogP contribution in [0.4, 0.5) is 0 Å². The number of Topliss-reactive ketones (excluding diaryl/α,β-unsaturated/α-hetero) is 1. The molecule has 0 heterocycles. The van der Waals surface area contributed by atoms with Gasteiger partial charge in [-0.25, -0.2) is 0 Å². The van der Waals surface area contributed by atoms with Crippen LogP contribution < -0.4 is 0 Å². The van der Waals surface area contributed by atoms with Crippen LogP contribution in [0.2, 0.25) is 0 Å². The number of hydrogen-bond donors (Lipinski definition) is 0. The maximum absolute atomic E-state index is 11.7. The molecular formula is C11H20O3S. The molecule has 0 aromatic heterocycles. The van der Waals surface area contributed by atoms with E-state index in [4.69, 9.17) is 4.74 Å². The SMILES string of the molecule is CCOC(=O)C(C(=O)CSCC)C(C)C. The van der Waals surface area contributed by atoms with E-state index in [9.17, 15) is 9.59 Å². The Labute approximate surface area is 95.9 Å². The van der Waals surface area contributed by atoms with Gasteiger partial charge in [-0.1, -0.05) is 20.8 Å². The van der Waals surface area contributed by atoms with E-state index in [0.717, 1.165) is 5.75 Å². The lowest BCUT2D eigenvalue weighted by Crippen LogP contribution is -2.32. The molecule has 88 valence electrons. The third kappa shape index (κ3) is 5.21. The van der Waals surface area contributed by atoms with Crippen molar-refractivity contribution in [2.75, 3.05) is 18.1 Å². The Balaban J connectivity index is 4.37. The summed E-state index contributed by atoms with van der Waals surface area (Å²) in [6, 6.07) is 0. The zero-order valence-corrected chi connectivity index (χ0v) is 10.7. The van der Waals surface area contributed by atoms with Crippen LogP contribution in [0.15, 0.2) is 0 Å². The van der Waals surface area contributed by atoms with Gasteiger partial charge in [0.1, 0.15) is 5.92 Å². The first kappa shape index (κ1) is 14.5. The van der Waals surface area contributed by atoms with Crippen molar-refractivity contribution in [1.82, 2.24) is 0 Å². The Bertz CT molecular complexity index is 214. The van der Waals surface area contributed by atoms with E-state index < -0.39 is 5.92 Å². The summed E-state index contributed by atoms with van der Waals surface area (Å²) in [5.74, 6) is 0.305. The number of ketones is 1. The molecular weight excluding hydrogens is 212 g/mol. The molecule has 15 heavy (non-hydrogen) atoms. The molecule has 0 radical (unpaired) electrons. The van der Waals surface area contributed by atoms with Gasteiger partial charge in [-0.05, 0) is 18.6 Å². The van der Waals surface area contributed by atoms with Crippen LogP contribution >= 0.6 is 11.8 Å². The van der Waals surface area contributed by atoms with Crippen molar-refractivity contribution >= 4 is 23.5 Å². The topological polar surface area (TPSA) is 43.4 Å². The van der Waals surface area contributed by atoms with Crippen molar-refractivity contribution < 1.29 is 14.3 Å². The van der Waals surface area contributed by atoms with E-state index in [-0.39, 0.29) is 17.7 Å². The number of rotatable bonds is 7. The van der Waals surface area contributed by atoms with E-state index in [0.29, 0.717) is 12.4 Å². The van der Waals surface area contributed by atoms with Gasteiger partial charge in [-0.2, -0.15) is 11.8 Å². The molecule has 3 nitrogen and oxygen atoms in total. The maximum Gasteiger partial charge on any atom is 0.316 e. The fraction of sp³-hybridized carbons (Fsp3) is 0.818. The molecule has 0 bridgehead atoms. The first-order chi connectivity index (χ1) is 7.04. The summed E-state index contributed by atoms with van der Waals surface area (Å²) >= 11 is 1.54. The lowest BCUT2D eigenvalue weighted by atomic mass is 9.92. The normalized spacial score (nSPS) is 12.6. The summed E-state index contributed by atoms with van der Waals surface area (Å²) < 4.78 is 4.90. The number of thioether (sulfide) groups is 1. The van der Waals surface area contributed by atoms with Crippen molar-refractivity contribution in [3.05, 3.63) is 0 Å². The standard InChI is InChI=1S/C11H20O3S/c1-5-14-11(13)10(8(3)4)9(12)7-15-6-2/h8,10H,5-7H2,1-4H3. The van der Waals surface area contributed by atoms with E-state index in [1.807, 2.05) is 20.8 Å². The highest BCUT2D eigenvalue weighted by atomic mass is 32.2. The zero-order valence-electron chi connectivity index (χ0n) is 9.91. The number of carbonyl (C=O) groups is 2. The van der Waals surface area contributed by atoms with Gasteiger partial charge < -0.3 is 4.74 Å². The molecule has 0 aliphatic carbocycles. The summed E-state index contributed by atoms with van der Waals surface area (Å²) in [5.41, 5.74) is 0. The van der Waals surface area contributed by atoms with Gasteiger partial charge in [0.25, 0.3) is 0 Å². The molecule has 4 heteroatoms. The average molecular weight is 232 g/mol. The predicted octanol–water partition coefficient (Wildman–Crippen LogP) is 2.14. The van der Waals surface area contributed by atoms with Crippen molar-refractivity contribution in [3.63, 3.8) is 0 Å². The van der Waals surface area contributed by atoms with Crippen molar-refractivity contribution in [3.8, 4) is 0 Å². The zero-order chi connectivity index (χ0) is 11.8. The van der Waals surface area contributed by atoms with Crippen molar-refractivity contribution in [1.29, 1.82) is 0 Å². The molecule has 0 fully saturated rings. The van der Waals surface area contributed by atoms with Crippen LogP contribution in [0.1, 0.15) is 27.7 Å². The smallest absolute Gasteiger partial charge is 0.316 e. The lowest BCUT2D eigenvalue weighted by Gasteiger charge is -2.17. The largest absolute Gasteiger partial charge is 0.465 e. The second kappa shape index (κ2) is 7.74. The molecule has 0 spiro atoms. The Morgan fingerprint density at radius 2 is 1.87 bits per heavy atom. The third-order valence-corrected chi connectivity index (χ3v) is 2.90. The van der Waals surface area contributed by atoms with Crippen LogP contribution in [0.5, 0.6) is 0 Å². The summed E-state index contributed by atoms with van der Waals surface area (Å²) in [7, 11) is 0. The molecule has 0 aliphatic rings. The van der Waals surface area contributed by atoms with Crippen LogP contribution in [0.25, 0.3) is 0 Å². The summed E-state index contributed by atoms with van der Waals surface area (Å²) in [6.07, 6.45) is 0. The Kier molecular flexibility index (Phi) is 7.48. The minimum Gasteiger partial charge on any atom is -0.465 e. The van der Waals surface area contributed by atoms with Gasteiger partial charge >= 0.3 is 5.97 Å². The van der Waals surface area contributed by atoms with Gasteiger partial charge in [0.05, 0.1) is 12.4 Å². The highest BCUT2D eigenvalue weighted by Gasteiger charge is 2.30. The highest BCUT2D eigenvalue weighted by Crippen LogP contribution is 2.16. The van der Waals surface area contributed by atoms with E-state index in [2.05, 4.69) is 0 Å². The fourth-order valence-electron chi connectivity index (χ4n) is 1.30. The summed E-state index contributed by atoms with van der Waals surface area (Å²) in [4.78, 5) is 23.3. The van der Waals surface area contributed by atoms with Crippen molar-refractivity contribution in [2.45, 2.75) is 27.7 Å². The average Bonchev–Trinajstić information content (AvgIpc) is 2.14. The second-order valence-corrected chi connectivity index (χ2v) is 4.85. The van der Waals surface area contributed by atoms with Gasteiger partial charge in [0.15, 0.2) is 5.78 Å². The minimum atomic E-state index is -0.594. The number of hydrogen-bond acceptors (Lipinski definition) is 4.